The van der Waals surface area contributed by atoms with E-state index in [9.17, 15) is 18.0 Å². The summed E-state index contributed by atoms with van der Waals surface area (Å²) in [6.45, 7) is 0. The Morgan fingerprint density at radius 1 is 1.04 bits per heavy atom. The molecule has 1 amide bonds. The van der Waals surface area contributed by atoms with Crippen molar-refractivity contribution in [1.82, 2.24) is 5.32 Å². The van der Waals surface area contributed by atoms with Crippen LogP contribution < -0.4 is 5.32 Å². The second-order valence-electron chi connectivity index (χ2n) is 5.33. The minimum absolute atomic E-state index is 0.138. The third kappa shape index (κ3) is 3.69. The van der Waals surface area contributed by atoms with Crippen LogP contribution in [-0.2, 0) is 17.4 Å². The molecular formula is C17H14F3NOS. The SMILES string of the molecule is O=C1NC(c2ccccc2)SC1Cc1cccc(C(F)(F)F)c1. The highest BCUT2D eigenvalue weighted by molar-refractivity contribution is 8.01. The van der Waals surface area contributed by atoms with Crippen LogP contribution in [0.5, 0.6) is 0 Å². The predicted molar refractivity (Wildman–Crippen MR) is 83.9 cm³/mol. The Labute approximate surface area is 136 Å². The van der Waals surface area contributed by atoms with Crippen LogP contribution in [0.1, 0.15) is 22.1 Å². The number of hydrogen-bond acceptors (Lipinski definition) is 2. The molecule has 1 aliphatic heterocycles. The molecule has 1 N–H and O–H groups in total. The molecule has 0 spiro atoms. The fourth-order valence-electron chi connectivity index (χ4n) is 2.50. The molecule has 2 atom stereocenters. The Kier molecular flexibility index (Phi) is 4.35. The average Bonchev–Trinajstić information content (AvgIpc) is 2.89. The second kappa shape index (κ2) is 6.28. The molecule has 6 heteroatoms. The van der Waals surface area contributed by atoms with Crippen molar-refractivity contribution in [2.24, 2.45) is 0 Å². The normalized spacial score (nSPS) is 21.3. The molecule has 0 aromatic heterocycles. The third-order valence-corrected chi connectivity index (χ3v) is 5.02. The van der Waals surface area contributed by atoms with E-state index in [4.69, 9.17) is 0 Å². The van der Waals surface area contributed by atoms with Gasteiger partial charge in [0, 0.05) is 0 Å². The molecule has 2 unspecified atom stereocenters. The van der Waals surface area contributed by atoms with E-state index in [1.807, 2.05) is 30.3 Å². The zero-order valence-electron chi connectivity index (χ0n) is 12.0. The molecule has 0 aliphatic carbocycles. The molecule has 2 aromatic rings. The highest BCUT2D eigenvalue weighted by Gasteiger charge is 2.34. The van der Waals surface area contributed by atoms with Crippen LogP contribution in [0.15, 0.2) is 54.6 Å². The smallest absolute Gasteiger partial charge is 0.339 e. The zero-order chi connectivity index (χ0) is 16.4. The number of carbonyl (C=O) groups excluding carboxylic acids is 1. The maximum Gasteiger partial charge on any atom is 0.416 e. The van der Waals surface area contributed by atoms with Crippen molar-refractivity contribution < 1.29 is 18.0 Å². The van der Waals surface area contributed by atoms with Crippen molar-refractivity contribution in [3.8, 4) is 0 Å². The Morgan fingerprint density at radius 3 is 2.48 bits per heavy atom. The van der Waals surface area contributed by atoms with Crippen LogP contribution in [0, 0.1) is 0 Å². The summed E-state index contributed by atoms with van der Waals surface area (Å²) in [7, 11) is 0. The van der Waals surface area contributed by atoms with E-state index in [0.29, 0.717) is 5.56 Å². The summed E-state index contributed by atoms with van der Waals surface area (Å²) in [5.41, 5.74) is 0.816. The number of thioether (sulfide) groups is 1. The van der Waals surface area contributed by atoms with Gasteiger partial charge in [0.2, 0.25) is 5.91 Å². The Balaban J connectivity index is 1.73. The van der Waals surface area contributed by atoms with Gasteiger partial charge in [-0.2, -0.15) is 13.2 Å². The lowest BCUT2D eigenvalue weighted by molar-refractivity contribution is -0.137. The van der Waals surface area contributed by atoms with Gasteiger partial charge in [-0.1, -0.05) is 48.5 Å². The molecule has 2 nitrogen and oxygen atoms in total. The van der Waals surface area contributed by atoms with Gasteiger partial charge in [0.25, 0.3) is 0 Å². The van der Waals surface area contributed by atoms with Gasteiger partial charge < -0.3 is 5.32 Å². The summed E-state index contributed by atoms with van der Waals surface area (Å²) in [4.78, 5) is 12.1. The number of carbonyl (C=O) groups is 1. The molecule has 1 fully saturated rings. The topological polar surface area (TPSA) is 29.1 Å². The fourth-order valence-corrected chi connectivity index (χ4v) is 3.81. The van der Waals surface area contributed by atoms with E-state index < -0.39 is 11.7 Å². The first-order valence-electron chi connectivity index (χ1n) is 7.10. The molecule has 23 heavy (non-hydrogen) atoms. The number of alkyl halides is 3. The summed E-state index contributed by atoms with van der Waals surface area (Å²) < 4.78 is 38.3. The minimum Gasteiger partial charge on any atom is -0.339 e. The molecule has 1 heterocycles. The summed E-state index contributed by atoms with van der Waals surface area (Å²) >= 11 is 1.44. The standard InChI is InChI=1S/C17H14F3NOS/c18-17(19,20)13-8-4-5-11(9-13)10-14-15(22)21-16(23-14)12-6-2-1-3-7-12/h1-9,14,16H,10H2,(H,21,22). The summed E-state index contributed by atoms with van der Waals surface area (Å²) in [6.07, 6.45) is -4.09. The van der Waals surface area contributed by atoms with Gasteiger partial charge >= 0.3 is 6.18 Å². The van der Waals surface area contributed by atoms with Gasteiger partial charge in [-0.3, -0.25) is 4.79 Å². The molecule has 0 bridgehead atoms. The van der Waals surface area contributed by atoms with Crippen molar-refractivity contribution in [3.63, 3.8) is 0 Å². The van der Waals surface area contributed by atoms with Crippen molar-refractivity contribution in [2.75, 3.05) is 0 Å². The minimum atomic E-state index is -4.37. The number of amides is 1. The molecule has 1 saturated heterocycles. The fraction of sp³-hybridized carbons (Fsp3) is 0.235. The van der Waals surface area contributed by atoms with Gasteiger partial charge in [-0.25, -0.2) is 0 Å². The number of nitrogens with one attached hydrogen (secondary N) is 1. The highest BCUT2D eigenvalue weighted by Crippen LogP contribution is 2.37. The van der Waals surface area contributed by atoms with E-state index >= 15 is 0 Å². The monoisotopic (exact) mass is 337 g/mol. The first kappa shape index (κ1) is 15.9. The van der Waals surface area contributed by atoms with Gasteiger partial charge in [0.1, 0.15) is 5.37 Å². The van der Waals surface area contributed by atoms with E-state index in [0.717, 1.165) is 17.7 Å². The van der Waals surface area contributed by atoms with Crippen LogP contribution in [0.3, 0.4) is 0 Å². The molecule has 3 rings (SSSR count). The quantitative estimate of drug-likeness (QED) is 0.910. The number of halogens is 3. The van der Waals surface area contributed by atoms with E-state index in [2.05, 4.69) is 5.32 Å². The molecule has 2 aromatic carbocycles. The average molecular weight is 337 g/mol. The predicted octanol–water partition coefficient (Wildman–Crippen LogP) is 4.18. The maximum absolute atomic E-state index is 12.8. The van der Waals surface area contributed by atoms with Crippen LogP contribution in [-0.4, -0.2) is 11.2 Å². The van der Waals surface area contributed by atoms with Gasteiger partial charge in [-0.05, 0) is 23.6 Å². The highest BCUT2D eigenvalue weighted by atomic mass is 32.2. The zero-order valence-corrected chi connectivity index (χ0v) is 12.8. The van der Waals surface area contributed by atoms with Gasteiger partial charge in [0.05, 0.1) is 10.8 Å². The lowest BCUT2D eigenvalue weighted by Crippen LogP contribution is -2.25. The van der Waals surface area contributed by atoms with Crippen molar-refractivity contribution in [3.05, 3.63) is 71.3 Å². The molecule has 1 aliphatic rings. The molecule has 120 valence electrons. The summed E-state index contributed by atoms with van der Waals surface area (Å²) in [5.74, 6) is -0.138. The number of benzene rings is 2. The Bertz CT molecular complexity index is 702. The van der Waals surface area contributed by atoms with Crippen LogP contribution >= 0.6 is 11.8 Å². The van der Waals surface area contributed by atoms with Gasteiger partial charge in [-0.15, -0.1) is 11.8 Å². The number of rotatable bonds is 3. The Hall–Kier alpha value is -1.95. The van der Waals surface area contributed by atoms with Gasteiger partial charge in [0.15, 0.2) is 0 Å². The molecule has 0 saturated carbocycles. The van der Waals surface area contributed by atoms with Crippen LogP contribution in [0.2, 0.25) is 0 Å². The largest absolute Gasteiger partial charge is 0.416 e. The van der Waals surface area contributed by atoms with Crippen molar-refractivity contribution in [1.29, 1.82) is 0 Å². The summed E-state index contributed by atoms with van der Waals surface area (Å²) in [5, 5.41) is 2.35. The lowest BCUT2D eigenvalue weighted by atomic mass is 10.1. The van der Waals surface area contributed by atoms with Crippen LogP contribution in [0.4, 0.5) is 13.2 Å². The van der Waals surface area contributed by atoms with Crippen molar-refractivity contribution in [2.45, 2.75) is 23.2 Å². The van der Waals surface area contributed by atoms with E-state index in [1.54, 1.807) is 6.07 Å². The first-order valence-corrected chi connectivity index (χ1v) is 8.05. The molecular weight excluding hydrogens is 323 g/mol. The third-order valence-electron chi connectivity index (χ3n) is 3.64. The first-order chi connectivity index (χ1) is 10.9. The molecule has 0 radical (unpaired) electrons. The summed E-state index contributed by atoms with van der Waals surface area (Å²) in [6, 6.07) is 14.7. The van der Waals surface area contributed by atoms with E-state index in [1.165, 1.54) is 17.8 Å². The van der Waals surface area contributed by atoms with E-state index in [-0.39, 0.29) is 23.0 Å². The Morgan fingerprint density at radius 2 is 1.78 bits per heavy atom. The maximum atomic E-state index is 12.8. The van der Waals surface area contributed by atoms with Crippen LogP contribution in [0.25, 0.3) is 0 Å². The second-order valence-corrected chi connectivity index (χ2v) is 6.64. The van der Waals surface area contributed by atoms with Crippen molar-refractivity contribution >= 4 is 17.7 Å². The lowest BCUT2D eigenvalue weighted by Gasteiger charge is -2.11. The number of hydrogen-bond donors (Lipinski definition) is 1.